The zero-order chi connectivity index (χ0) is 38.9. The van der Waals surface area contributed by atoms with E-state index in [-0.39, 0.29) is 30.8 Å². The molecule has 4 aromatic rings. The number of rotatable bonds is 10. The Balaban J connectivity index is 0.851. The lowest BCUT2D eigenvalue weighted by atomic mass is 9.94. The van der Waals surface area contributed by atoms with E-state index in [1.807, 2.05) is 43.3 Å². The van der Waals surface area contributed by atoms with Crippen molar-refractivity contribution in [3.05, 3.63) is 130 Å². The Bertz CT molecular complexity index is 2240. The van der Waals surface area contributed by atoms with Gasteiger partial charge in [0, 0.05) is 41.7 Å². The second-order valence-electron chi connectivity index (χ2n) is 14.3. The molecule has 11 nitrogen and oxygen atoms in total. The number of benzene rings is 4. The van der Waals surface area contributed by atoms with Crippen molar-refractivity contribution in [1.29, 1.82) is 0 Å². The molecule has 11 heteroatoms. The summed E-state index contributed by atoms with van der Waals surface area (Å²) >= 11 is 0. The SMILES string of the molecule is COc1ccc(C(=O)N2CCc3cc(/C=C/C(=O)O[C@@H]4CO[C@H]5[C@@H]4OC[C@@H]5C(=O)/C=C(\C)c4ccc5c(c4)CCN5C(=O)c4ccc(OC)cc4)ccc32)cc1. The van der Waals surface area contributed by atoms with Crippen molar-refractivity contribution in [1.82, 2.24) is 0 Å². The van der Waals surface area contributed by atoms with Crippen molar-refractivity contribution < 1.29 is 42.9 Å². The van der Waals surface area contributed by atoms with Crippen molar-refractivity contribution in [2.45, 2.75) is 38.1 Å². The van der Waals surface area contributed by atoms with Crippen molar-refractivity contribution in [2.75, 3.05) is 50.3 Å². The van der Waals surface area contributed by atoms with Gasteiger partial charge in [-0.25, -0.2) is 4.79 Å². The van der Waals surface area contributed by atoms with Crippen LogP contribution in [-0.4, -0.2) is 82.4 Å². The zero-order valence-electron chi connectivity index (χ0n) is 31.4. The molecule has 4 aliphatic heterocycles. The van der Waals surface area contributed by atoms with Crippen molar-refractivity contribution >= 4 is 46.6 Å². The lowest BCUT2D eigenvalue weighted by Crippen LogP contribution is -2.34. The maximum atomic E-state index is 13.5. The number of allylic oxidation sites excluding steroid dienone is 2. The molecular formula is C45H42N2O9. The fourth-order valence-corrected chi connectivity index (χ4v) is 7.94. The van der Waals surface area contributed by atoms with Crippen LogP contribution < -0.4 is 19.3 Å². The van der Waals surface area contributed by atoms with E-state index in [0.29, 0.717) is 42.1 Å². The van der Waals surface area contributed by atoms with Crippen molar-refractivity contribution in [2.24, 2.45) is 5.92 Å². The number of hydrogen-bond acceptors (Lipinski definition) is 9. The summed E-state index contributed by atoms with van der Waals surface area (Å²) < 4.78 is 28.1. The molecule has 2 saturated heterocycles. The number of carbonyl (C=O) groups is 4. The van der Waals surface area contributed by atoms with Gasteiger partial charge in [-0.1, -0.05) is 12.1 Å². The highest BCUT2D eigenvalue weighted by Crippen LogP contribution is 2.36. The van der Waals surface area contributed by atoms with Crippen molar-refractivity contribution in [3.63, 3.8) is 0 Å². The van der Waals surface area contributed by atoms with Gasteiger partial charge in [0.05, 0.1) is 39.5 Å². The first-order valence-electron chi connectivity index (χ1n) is 18.7. The van der Waals surface area contributed by atoms with Crippen LogP contribution in [0, 0.1) is 5.92 Å². The number of fused-ring (bicyclic) bond motifs is 3. The highest BCUT2D eigenvalue weighted by atomic mass is 16.6. The highest BCUT2D eigenvalue weighted by Gasteiger charge is 2.51. The van der Waals surface area contributed by atoms with E-state index in [4.69, 9.17) is 23.7 Å². The molecule has 4 atom stereocenters. The summed E-state index contributed by atoms with van der Waals surface area (Å²) in [6.07, 6.45) is 4.41. The summed E-state index contributed by atoms with van der Waals surface area (Å²) in [5, 5.41) is 0. The van der Waals surface area contributed by atoms with E-state index in [1.165, 1.54) is 6.08 Å². The summed E-state index contributed by atoms with van der Waals surface area (Å²) in [7, 11) is 3.18. The number of hydrogen-bond donors (Lipinski definition) is 0. The number of esters is 1. The first kappa shape index (κ1) is 36.9. The van der Waals surface area contributed by atoms with Crippen LogP contribution in [0.5, 0.6) is 11.5 Å². The third-order valence-corrected chi connectivity index (χ3v) is 11.0. The molecule has 4 heterocycles. The van der Waals surface area contributed by atoms with E-state index in [0.717, 1.165) is 45.6 Å². The molecule has 56 heavy (non-hydrogen) atoms. The van der Waals surface area contributed by atoms with Crippen molar-refractivity contribution in [3.8, 4) is 11.5 Å². The zero-order valence-corrected chi connectivity index (χ0v) is 31.4. The minimum absolute atomic E-state index is 0.0678. The number of carbonyl (C=O) groups excluding carboxylic acids is 4. The molecule has 0 saturated carbocycles. The van der Waals surface area contributed by atoms with Crippen LogP contribution in [0.1, 0.15) is 49.9 Å². The predicted octanol–water partition coefficient (Wildman–Crippen LogP) is 6.12. The van der Waals surface area contributed by atoms with E-state index >= 15 is 0 Å². The second-order valence-corrected chi connectivity index (χ2v) is 14.3. The average Bonchev–Trinajstić information content (AvgIpc) is 4.04. The average molecular weight is 755 g/mol. The molecule has 0 bridgehead atoms. The molecule has 2 amide bonds. The van der Waals surface area contributed by atoms with Crippen LogP contribution in [0.3, 0.4) is 0 Å². The maximum Gasteiger partial charge on any atom is 0.331 e. The van der Waals surface area contributed by atoms with Gasteiger partial charge in [-0.05, 0) is 133 Å². The third kappa shape index (κ3) is 7.23. The quantitative estimate of drug-likeness (QED) is 0.139. The van der Waals surface area contributed by atoms with Gasteiger partial charge in [-0.2, -0.15) is 0 Å². The largest absolute Gasteiger partial charge is 0.497 e. The maximum absolute atomic E-state index is 13.5. The molecule has 0 N–H and O–H groups in total. The molecule has 4 aromatic carbocycles. The second kappa shape index (κ2) is 15.6. The van der Waals surface area contributed by atoms with Gasteiger partial charge in [0.1, 0.15) is 17.6 Å². The first-order valence-corrected chi connectivity index (χ1v) is 18.7. The molecule has 2 fully saturated rings. The summed E-state index contributed by atoms with van der Waals surface area (Å²) in [5.41, 5.74) is 7.48. The predicted molar refractivity (Wildman–Crippen MR) is 210 cm³/mol. The highest BCUT2D eigenvalue weighted by molar-refractivity contribution is 6.08. The lowest BCUT2D eigenvalue weighted by Gasteiger charge is -2.18. The number of anilines is 2. The Hall–Kier alpha value is -6.04. The fourth-order valence-electron chi connectivity index (χ4n) is 7.94. The van der Waals surface area contributed by atoms with Crippen LogP contribution in [0.2, 0.25) is 0 Å². The Labute approximate surface area is 325 Å². The summed E-state index contributed by atoms with van der Waals surface area (Å²) in [6, 6.07) is 25.8. The number of methoxy groups -OCH3 is 2. The van der Waals surface area contributed by atoms with E-state index in [2.05, 4.69) is 0 Å². The Morgan fingerprint density at radius 2 is 1.23 bits per heavy atom. The molecule has 0 aliphatic carbocycles. The summed E-state index contributed by atoms with van der Waals surface area (Å²) in [4.78, 5) is 56.4. The lowest BCUT2D eigenvalue weighted by molar-refractivity contribution is -0.147. The Morgan fingerprint density at radius 1 is 0.679 bits per heavy atom. The number of amides is 2. The monoisotopic (exact) mass is 754 g/mol. The summed E-state index contributed by atoms with van der Waals surface area (Å²) in [6.45, 7) is 3.35. The van der Waals surface area contributed by atoms with E-state index in [1.54, 1.807) is 84.7 Å². The van der Waals surface area contributed by atoms with Crippen LogP contribution in [0.15, 0.2) is 97.1 Å². The fraction of sp³-hybridized carbons (Fsp3) is 0.289. The molecule has 286 valence electrons. The minimum Gasteiger partial charge on any atom is -0.497 e. The van der Waals surface area contributed by atoms with Gasteiger partial charge in [0.2, 0.25) is 0 Å². The smallest absolute Gasteiger partial charge is 0.331 e. The van der Waals surface area contributed by atoms with Gasteiger partial charge >= 0.3 is 5.97 Å². The van der Waals surface area contributed by atoms with Gasteiger partial charge in [0.15, 0.2) is 11.9 Å². The number of ketones is 1. The Morgan fingerprint density at radius 3 is 1.84 bits per heavy atom. The number of ether oxygens (including phenoxy) is 5. The number of nitrogens with zero attached hydrogens (tertiary/aromatic N) is 2. The van der Waals surface area contributed by atoms with Gasteiger partial charge in [-0.3, -0.25) is 14.4 Å². The van der Waals surface area contributed by atoms with Crippen LogP contribution in [0.25, 0.3) is 11.6 Å². The van der Waals surface area contributed by atoms with Crippen LogP contribution in [0.4, 0.5) is 11.4 Å². The molecule has 0 spiro atoms. The molecule has 0 unspecified atom stereocenters. The van der Waals surface area contributed by atoms with Crippen LogP contribution in [-0.2, 0) is 36.6 Å². The van der Waals surface area contributed by atoms with E-state index in [9.17, 15) is 19.2 Å². The topological polar surface area (TPSA) is 121 Å². The normalized spacial score (nSPS) is 21.2. The van der Waals surface area contributed by atoms with Gasteiger partial charge in [-0.15, -0.1) is 0 Å². The van der Waals surface area contributed by atoms with Gasteiger partial charge in [0.25, 0.3) is 11.8 Å². The minimum atomic E-state index is -0.641. The Kier molecular flexibility index (Phi) is 10.3. The molecule has 0 radical (unpaired) electrons. The molecular weight excluding hydrogens is 712 g/mol. The van der Waals surface area contributed by atoms with Crippen LogP contribution >= 0.6 is 0 Å². The summed E-state index contributed by atoms with van der Waals surface area (Å²) in [5.74, 6) is 0.0679. The molecule has 8 rings (SSSR count). The molecule has 4 aliphatic rings. The standard InChI is InChI=1S/C45H42N2O9/c1-27(31-10-16-38-33(24-31)19-21-47(38)45(51)30-8-13-35(53-3)14-9-30)22-39(48)36-25-54-43-40(26-55-42(36)43)56-41(49)17-5-28-4-15-37-32(23-28)18-20-46(37)44(50)29-6-11-34(52-2)12-7-29/h4-17,22-24,36,40,42-43H,18-21,25-26H2,1-3H3/b17-5+,27-22+/t36-,40-,42-,43-/m1/s1. The van der Waals surface area contributed by atoms with Gasteiger partial charge < -0.3 is 33.5 Å². The first-order chi connectivity index (χ1) is 27.2. The molecule has 0 aromatic heterocycles. The third-order valence-electron chi connectivity index (χ3n) is 11.0. The van der Waals surface area contributed by atoms with E-state index < -0.39 is 30.2 Å².